The maximum absolute atomic E-state index is 11.6. The molecule has 2 heterocycles. The van der Waals surface area contributed by atoms with Gasteiger partial charge < -0.3 is 16.0 Å². The van der Waals surface area contributed by atoms with Crippen LogP contribution in [0.3, 0.4) is 0 Å². The molecular formula is C14H24N4OS. The fourth-order valence-electron chi connectivity index (χ4n) is 2.24. The van der Waals surface area contributed by atoms with E-state index < -0.39 is 0 Å². The number of nitrogens with one attached hydrogen (secondary N) is 1. The molecule has 1 aromatic rings. The van der Waals surface area contributed by atoms with Gasteiger partial charge in [-0.05, 0) is 26.2 Å². The maximum Gasteiger partial charge on any atom is 0.220 e. The number of aromatic nitrogens is 1. The number of thiazole rings is 1. The predicted molar refractivity (Wildman–Crippen MR) is 83.2 cm³/mol. The zero-order valence-corrected chi connectivity index (χ0v) is 12.9. The van der Waals surface area contributed by atoms with Crippen molar-refractivity contribution in [3.63, 3.8) is 0 Å². The lowest BCUT2D eigenvalue weighted by atomic mass is 10.2. The number of amides is 1. The van der Waals surface area contributed by atoms with Gasteiger partial charge in [-0.2, -0.15) is 0 Å². The molecule has 0 aliphatic carbocycles. The summed E-state index contributed by atoms with van der Waals surface area (Å²) in [6, 6.07) is 0.0855. The number of hydrogen-bond acceptors (Lipinski definition) is 5. The number of carbonyl (C=O) groups excluding carboxylic acids is 1. The van der Waals surface area contributed by atoms with Crippen molar-refractivity contribution in [1.82, 2.24) is 10.3 Å². The highest BCUT2D eigenvalue weighted by molar-refractivity contribution is 7.13. The van der Waals surface area contributed by atoms with Gasteiger partial charge in [-0.25, -0.2) is 4.98 Å². The molecule has 0 saturated carbocycles. The molecule has 3 N–H and O–H groups in total. The van der Waals surface area contributed by atoms with E-state index in [0.717, 1.165) is 36.8 Å². The first kappa shape index (κ1) is 15.3. The number of rotatable bonds is 7. The number of hydrogen-bond donors (Lipinski definition) is 2. The molecule has 1 aliphatic rings. The van der Waals surface area contributed by atoms with Crippen LogP contribution in [-0.4, -0.2) is 36.6 Å². The van der Waals surface area contributed by atoms with Crippen LogP contribution in [0.1, 0.15) is 38.3 Å². The normalized spacial score (nSPS) is 16.4. The molecular weight excluding hydrogens is 272 g/mol. The van der Waals surface area contributed by atoms with E-state index in [1.54, 1.807) is 11.3 Å². The summed E-state index contributed by atoms with van der Waals surface area (Å²) in [7, 11) is 0. The molecule has 6 heteroatoms. The van der Waals surface area contributed by atoms with Crippen molar-refractivity contribution in [2.75, 3.05) is 24.5 Å². The van der Waals surface area contributed by atoms with Gasteiger partial charge in [-0.1, -0.05) is 0 Å². The molecule has 0 radical (unpaired) electrons. The molecule has 1 atom stereocenters. The van der Waals surface area contributed by atoms with Gasteiger partial charge in [0.2, 0.25) is 5.91 Å². The first-order valence-electron chi connectivity index (χ1n) is 7.37. The van der Waals surface area contributed by atoms with Gasteiger partial charge in [0.1, 0.15) is 0 Å². The van der Waals surface area contributed by atoms with E-state index in [1.165, 1.54) is 12.8 Å². The molecule has 2 rings (SSSR count). The quantitative estimate of drug-likeness (QED) is 0.800. The van der Waals surface area contributed by atoms with Crippen LogP contribution in [0, 0.1) is 0 Å². The molecule has 5 nitrogen and oxygen atoms in total. The zero-order valence-electron chi connectivity index (χ0n) is 12.1. The summed E-state index contributed by atoms with van der Waals surface area (Å²) in [6.45, 7) is 4.82. The maximum atomic E-state index is 11.6. The van der Waals surface area contributed by atoms with Crippen LogP contribution in [0.2, 0.25) is 0 Å². The fourth-order valence-corrected chi connectivity index (χ4v) is 3.16. The van der Waals surface area contributed by atoms with Crippen LogP contribution in [0.5, 0.6) is 0 Å². The summed E-state index contributed by atoms with van der Waals surface area (Å²) in [5.41, 5.74) is 6.70. The summed E-state index contributed by atoms with van der Waals surface area (Å²) in [6.07, 6.45) is 4.58. The van der Waals surface area contributed by atoms with Gasteiger partial charge in [-0.15, -0.1) is 11.3 Å². The lowest BCUT2D eigenvalue weighted by Crippen LogP contribution is -2.27. The Morgan fingerprint density at radius 3 is 3.00 bits per heavy atom. The second kappa shape index (κ2) is 7.59. The topological polar surface area (TPSA) is 71.2 Å². The van der Waals surface area contributed by atoms with Crippen LogP contribution >= 0.6 is 11.3 Å². The van der Waals surface area contributed by atoms with Crippen LogP contribution in [-0.2, 0) is 11.2 Å². The summed E-state index contributed by atoms with van der Waals surface area (Å²) >= 11 is 1.71. The second-order valence-electron chi connectivity index (χ2n) is 5.43. The molecule has 0 aromatic carbocycles. The van der Waals surface area contributed by atoms with Crippen molar-refractivity contribution in [1.29, 1.82) is 0 Å². The number of anilines is 1. The van der Waals surface area contributed by atoms with E-state index in [-0.39, 0.29) is 11.9 Å². The van der Waals surface area contributed by atoms with E-state index in [1.807, 2.05) is 6.92 Å². The minimum Gasteiger partial charge on any atom is -0.356 e. The summed E-state index contributed by atoms with van der Waals surface area (Å²) in [5, 5.41) is 6.15. The highest BCUT2D eigenvalue weighted by Gasteiger charge is 2.15. The van der Waals surface area contributed by atoms with E-state index in [2.05, 4.69) is 20.6 Å². The van der Waals surface area contributed by atoms with Crippen molar-refractivity contribution >= 4 is 22.4 Å². The molecule has 1 saturated heterocycles. The van der Waals surface area contributed by atoms with E-state index in [9.17, 15) is 4.79 Å². The summed E-state index contributed by atoms with van der Waals surface area (Å²) in [5.74, 6) is 0.0808. The Morgan fingerprint density at radius 1 is 1.55 bits per heavy atom. The average Bonchev–Trinajstić information content (AvgIpc) is 3.06. The average molecular weight is 296 g/mol. The standard InChI is InChI=1S/C14H24N4OS/c1-11(15)4-5-13(19)16-7-6-12-10-20-14(17-12)18-8-2-3-9-18/h10-11H,2-9,15H2,1H3,(H,16,19). The highest BCUT2D eigenvalue weighted by atomic mass is 32.1. The minimum atomic E-state index is 0.0808. The highest BCUT2D eigenvalue weighted by Crippen LogP contribution is 2.24. The smallest absolute Gasteiger partial charge is 0.220 e. The summed E-state index contributed by atoms with van der Waals surface area (Å²) < 4.78 is 0. The zero-order chi connectivity index (χ0) is 14.4. The Kier molecular flexibility index (Phi) is 5.79. The minimum absolute atomic E-state index is 0.0808. The Labute approximate surface area is 124 Å². The molecule has 112 valence electrons. The monoisotopic (exact) mass is 296 g/mol. The third-order valence-corrected chi connectivity index (χ3v) is 4.40. The molecule has 20 heavy (non-hydrogen) atoms. The van der Waals surface area contributed by atoms with Crippen LogP contribution < -0.4 is 16.0 Å². The van der Waals surface area contributed by atoms with Gasteiger partial charge >= 0.3 is 0 Å². The van der Waals surface area contributed by atoms with Gasteiger partial charge in [0.15, 0.2) is 5.13 Å². The van der Waals surface area contributed by atoms with E-state index >= 15 is 0 Å². The SMILES string of the molecule is CC(N)CCC(=O)NCCc1csc(N2CCCC2)n1. The van der Waals surface area contributed by atoms with Crippen molar-refractivity contribution in [3.8, 4) is 0 Å². The Bertz CT molecular complexity index is 427. The molecule has 1 unspecified atom stereocenters. The molecule has 1 aromatic heterocycles. The van der Waals surface area contributed by atoms with Gasteiger partial charge in [0.25, 0.3) is 0 Å². The summed E-state index contributed by atoms with van der Waals surface area (Å²) in [4.78, 5) is 18.5. The van der Waals surface area contributed by atoms with Gasteiger partial charge in [0, 0.05) is 43.9 Å². The number of nitrogens with two attached hydrogens (primary N) is 1. The first-order chi connectivity index (χ1) is 9.65. The van der Waals surface area contributed by atoms with Crippen molar-refractivity contribution < 1.29 is 4.79 Å². The van der Waals surface area contributed by atoms with Crippen molar-refractivity contribution in [2.24, 2.45) is 5.73 Å². The third-order valence-electron chi connectivity index (χ3n) is 3.45. The van der Waals surface area contributed by atoms with Crippen molar-refractivity contribution in [2.45, 2.75) is 45.1 Å². The number of nitrogens with zero attached hydrogens (tertiary/aromatic N) is 2. The van der Waals surface area contributed by atoms with Gasteiger partial charge in [-0.3, -0.25) is 4.79 Å². The second-order valence-corrected chi connectivity index (χ2v) is 6.27. The Morgan fingerprint density at radius 2 is 2.30 bits per heavy atom. The molecule has 1 aliphatic heterocycles. The number of carbonyl (C=O) groups is 1. The van der Waals surface area contributed by atoms with Crippen molar-refractivity contribution in [3.05, 3.63) is 11.1 Å². The van der Waals surface area contributed by atoms with Gasteiger partial charge in [0.05, 0.1) is 5.69 Å². The Hall–Kier alpha value is -1.14. The Balaban J connectivity index is 1.67. The fraction of sp³-hybridized carbons (Fsp3) is 0.714. The van der Waals surface area contributed by atoms with Crippen LogP contribution in [0.15, 0.2) is 5.38 Å². The van der Waals surface area contributed by atoms with Crippen LogP contribution in [0.4, 0.5) is 5.13 Å². The lowest BCUT2D eigenvalue weighted by molar-refractivity contribution is -0.121. The predicted octanol–water partition coefficient (Wildman–Crippen LogP) is 1.53. The lowest BCUT2D eigenvalue weighted by Gasteiger charge is -2.12. The third kappa shape index (κ3) is 4.76. The molecule has 1 amide bonds. The molecule has 1 fully saturated rings. The molecule has 0 bridgehead atoms. The largest absolute Gasteiger partial charge is 0.356 e. The van der Waals surface area contributed by atoms with E-state index in [0.29, 0.717) is 13.0 Å². The molecule has 0 spiro atoms. The van der Waals surface area contributed by atoms with E-state index in [4.69, 9.17) is 5.73 Å². The first-order valence-corrected chi connectivity index (χ1v) is 8.25. The van der Waals surface area contributed by atoms with Crippen LogP contribution in [0.25, 0.3) is 0 Å².